The number of rotatable bonds is 10. The van der Waals surface area contributed by atoms with Crippen molar-refractivity contribution in [3.8, 4) is 0 Å². The number of carboxylic acid groups (broad SMARTS) is 1. The maximum absolute atomic E-state index is 12.7. The first kappa shape index (κ1) is 19.9. The first-order valence-electron chi connectivity index (χ1n) is 8.59. The molecule has 2 aromatic rings. The summed E-state index contributed by atoms with van der Waals surface area (Å²) in [6.45, 7) is 2.85. The summed E-state index contributed by atoms with van der Waals surface area (Å²) in [6, 6.07) is 13.3. The molecule has 140 valence electrons. The number of benzene rings is 2. The average molecular weight is 376 g/mol. The fraction of sp³-hybridized carbons (Fsp3) is 0.316. The highest BCUT2D eigenvalue weighted by Crippen LogP contribution is 2.23. The molecule has 0 aliphatic heterocycles. The fourth-order valence-electron chi connectivity index (χ4n) is 2.47. The molecule has 0 spiro atoms. The summed E-state index contributed by atoms with van der Waals surface area (Å²) in [5.41, 5.74) is 1.17. The van der Waals surface area contributed by atoms with Gasteiger partial charge in [0.1, 0.15) is 4.90 Å². The third-order valence-corrected chi connectivity index (χ3v) is 5.36. The van der Waals surface area contributed by atoms with E-state index in [0.717, 1.165) is 24.8 Å². The molecule has 7 heteroatoms. The first-order chi connectivity index (χ1) is 12.4. The molecule has 0 heterocycles. The van der Waals surface area contributed by atoms with Gasteiger partial charge in [-0.25, -0.2) is 17.9 Å². The van der Waals surface area contributed by atoms with Crippen molar-refractivity contribution in [2.24, 2.45) is 0 Å². The molecule has 0 aliphatic rings. The second-order valence-corrected chi connectivity index (χ2v) is 7.70. The van der Waals surface area contributed by atoms with Crippen LogP contribution in [0, 0.1) is 0 Å². The van der Waals surface area contributed by atoms with Crippen molar-refractivity contribution < 1.29 is 18.3 Å². The molecule has 26 heavy (non-hydrogen) atoms. The zero-order valence-electron chi connectivity index (χ0n) is 14.7. The van der Waals surface area contributed by atoms with Crippen LogP contribution in [-0.2, 0) is 16.6 Å². The van der Waals surface area contributed by atoms with E-state index in [-0.39, 0.29) is 17.0 Å². The molecule has 0 fully saturated rings. The van der Waals surface area contributed by atoms with Crippen molar-refractivity contribution in [3.63, 3.8) is 0 Å². The Kier molecular flexibility index (Phi) is 7.17. The van der Waals surface area contributed by atoms with Crippen LogP contribution in [0.4, 0.5) is 5.69 Å². The highest BCUT2D eigenvalue weighted by atomic mass is 32.2. The number of carboxylic acids is 1. The number of carbonyl (C=O) groups is 1. The Morgan fingerprint density at radius 2 is 1.81 bits per heavy atom. The van der Waals surface area contributed by atoms with Gasteiger partial charge in [-0.2, -0.15) is 0 Å². The number of hydrogen-bond acceptors (Lipinski definition) is 4. The fourth-order valence-corrected chi connectivity index (χ4v) is 3.70. The van der Waals surface area contributed by atoms with Crippen molar-refractivity contribution in [2.45, 2.75) is 37.6 Å². The van der Waals surface area contributed by atoms with Crippen LogP contribution in [0.2, 0.25) is 0 Å². The van der Waals surface area contributed by atoms with E-state index in [2.05, 4.69) is 17.0 Å². The molecule has 0 bridgehead atoms. The van der Waals surface area contributed by atoms with E-state index in [0.29, 0.717) is 12.2 Å². The molecule has 0 aromatic heterocycles. The van der Waals surface area contributed by atoms with Crippen molar-refractivity contribution in [1.82, 2.24) is 4.72 Å². The van der Waals surface area contributed by atoms with Gasteiger partial charge in [0.25, 0.3) is 0 Å². The average Bonchev–Trinajstić information content (AvgIpc) is 2.64. The number of sulfonamides is 1. The van der Waals surface area contributed by atoms with Crippen LogP contribution < -0.4 is 10.0 Å². The normalized spacial score (nSPS) is 11.3. The van der Waals surface area contributed by atoms with Crippen molar-refractivity contribution >= 4 is 21.7 Å². The minimum Gasteiger partial charge on any atom is -0.478 e. The van der Waals surface area contributed by atoms with E-state index in [4.69, 9.17) is 0 Å². The Balaban J connectivity index is 2.24. The van der Waals surface area contributed by atoms with Gasteiger partial charge >= 0.3 is 5.97 Å². The minimum atomic E-state index is -3.86. The largest absolute Gasteiger partial charge is 0.478 e. The van der Waals surface area contributed by atoms with Crippen LogP contribution in [0.15, 0.2) is 53.4 Å². The van der Waals surface area contributed by atoms with Gasteiger partial charge in [-0.3, -0.25) is 0 Å². The third-order valence-electron chi connectivity index (χ3n) is 3.92. The first-order valence-corrected chi connectivity index (χ1v) is 10.1. The Hall–Kier alpha value is -2.38. The summed E-state index contributed by atoms with van der Waals surface area (Å²) in [5.74, 6) is -1.16. The maximum Gasteiger partial charge on any atom is 0.335 e. The molecule has 0 saturated carbocycles. The highest BCUT2D eigenvalue weighted by Gasteiger charge is 2.20. The zero-order chi connectivity index (χ0) is 19.0. The van der Waals surface area contributed by atoms with Crippen LogP contribution in [0.5, 0.6) is 0 Å². The minimum absolute atomic E-state index is 0.0511. The molecule has 0 radical (unpaired) electrons. The summed E-state index contributed by atoms with van der Waals surface area (Å²) >= 11 is 0. The van der Waals surface area contributed by atoms with Gasteiger partial charge in [0.15, 0.2) is 0 Å². The molecule has 3 N–H and O–H groups in total. The lowest BCUT2D eigenvalue weighted by atomic mass is 10.2. The molecule has 0 saturated heterocycles. The van der Waals surface area contributed by atoms with Crippen LogP contribution in [0.1, 0.15) is 42.1 Å². The number of unbranched alkanes of at least 4 members (excludes halogenated alkanes) is 2. The SMILES string of the molecule is CCCCCNc1ccc(C(=O)O)cc1S(=O)(=O)NCc1ccccc1. The molecule has 0 atom stereocenters. The molecule has 2 aromatic carbocycles. The van der Waals surface area contributed by atoms with E-state index < -0.39 is 16.0 Å². The predicted octanol–water partition coefficient (Wildman–Crippen LogP) is 3.47. The summed E-state index contributed by atoms with van der Waals surface area (Å²) in [6.07, 6.45) is 3.01. The highest BCUT2D eigenvalue weighted by molar-refractivity contribution is 7.89. The van der Waals surface area contributed by atoms with Crippen LogP contribution in [0.25, 0.3) is 0 Å². The Labute approximate surface area is 154 Å². The number of nitrogens with one attached hydrogen (secondary N) is 2. The van der Waals surface area contributed by atoms with E-state index in [1.165, 1.54) is 18.2 Å². The zero-order valence-corrected chi connectivity index (χ0v) is 15.6. The van der Waals surface area contributed by atoms with Gasteiger partial charge in [0, 0.05) is 13.1 Å². The summed E-state index contributed by atoms with van der Waals surface area (Å²) < 4.78 is 28.0. The third kappa shape index (κ3) is 5.57. The van der Waals surface area contributed by atoms with E-state index in [1.807, 2.05) is 30.3 Å². The Morgan fingerprint density at radius 3 is 2.46 bits per heavy atom. The molecule has 0 aliphatic carbocycles. The molecular weight excluding hydrogens is 352 g/mol. The van der Waals surface area contributed by atoms with E-state index >= 15 is 0 Å². The van der Waals surface area contributed by atoms with Gasteiger partial charge in [0.05, 0.1) is 11.3 Å². The Bertz CT molecular complexity index is 836. The smallest absolute Gasteiger partial charge is 0.335 e. The van der Waals surface area contributed by atoms with Gasteiger partial charge in [-0.05, 0) is 30.2 Å². The molecular formula is C19H24N2O4S. The number of anilines is 1. The number of aromatic carboxylic acids is 1. The predicted molar refractivity (Wildman–Crippen MR) is 102 cm³/mol. The molecule has 0 unspecified atom stereocenters. The summed E-state index contributed by atoms with van der Waals surface area (Å²) in [5, 5.41) is 12.3. The van der Waals surface area contributed by atoms with E-state index in [1.54, 1.807) is 0 Å². The van der Waals surface area contributed by atoms with Crippen molar-refractivity contribution in [2.75, 3.05) is 11.9 Å². The van der Waals surface area contributed by atoms with Gasteiger partial charge in [0.2, 0.25) is 10.0 Å². The van der Waals surface area contributed by atoms with Gasteiger partial charge < -0.3 is 10.4 Å². The molecule has 6 nitrogen and oxygen atoms in total. The second-order valence-electron chi connectivity index (χ2n) is 5.96. The standard InChI is InChI=1S/C19H24N2O4S/c1-2-3-7-12-20-17-11-10-16(19(22)23)13-18(17)26(24,25)21-14-15-8-5-4-6-9-15/h4-6,8-11,13,20-21H,2-3,7,12,14H2,1H3,(H,22,23). The number of hydrogen-bond donors (Lipinski definition) is 3. The maximum atomic E-state index is 12.7. The lowest BCUT2D eigenvalue weighted by Crippen LogP contribution is -2.24. The van der Waals surface area contributed by atoms with Gasteiger partial charge in [-0.15, -0.1) is 0 Å². The molecule has 2 rings (SSSR count). The summed E-state index contributed by atoms with van der Waals surface area (Å²) in [4.78, 5) is 11.2. The second kappa shape index (κ2) is 9.35. The lowest BCUT2D eigenvalue weighted by molar-refractivity contribution is 0.0696. The van der Waals surface area contributed by atoms with E-state index in [9.17, 15) is 18.3 Å². The van der Waals surface area contributed by atoms with Gasteiger partial charge in [-0.1, -0.05) is 50.1 Å². The van der Waals surface area contributed by atoms with Crippen molar-refractivity contribution in [1.29, 1.82) is 0 Å². The quantitative estimate of drug-likeness (QED) is 0.552. The topological polar surface area (TPSA) is 95.5 Å². The van der Waals surface area contributed by atoms with Crippen LogP contribution in [0.3, 0.4) is 0 Å². The molecule has 0 amide bonds. The lowest BCUT2D eigenvalue weighted by Gasteiger charge is -2.14. The summed E-state index contributed by atoms with van der Waals surface area (Å²) in [7, 11) is -3.86. The Morgan fingerprint density at radius 1 is 1.08 bits per heavy atom. The van der Waals surface area contributed by atoms with Crippen LogP contribution >= 0.6 is 0 Å². The monoisotopic (exact) mass is 376 g/mol. The van der Waals surface area contributed by atoms with Crippen LogP contribution in [-0.4, -0.2) is 26.0 Å². The van der Waals surface area contributed by atoms with Crippen molar-refractivity contribution in [3.05, 3.63) is 59.7 Å².